The number of likely N-dealkylation sites (tertiary alicyclic amines) is 1. The van der Waals surface area contributed by atoms with Gasteiger partial charge in [0.05, 0.1) is 0 Å². The molecule has 4 rings (SSSR count). The molecule has 1 saturated carbocycles. The van der Waals surface area contributed by atoms with Gasteiger partial charge in [0.1, 0.15) is 0 Å². The third kappa shape index (κ3) is 5.21. The minimum Gasteiger partial charge on any atom is -0.348 e. The number of carbonyl (C=O) groups excluding carboxylic acids is 1. The van der Waals surface area contributed by atoms with E-state index >= 15 is 0 Å². The van der Waals surface area contributed by atoms with Crippen LogP contribution in [-0.4, -0.2) is 36.0 Å². The van der Waals surface area contributed by atoms with E-state index in [1.54, 1.807) is 0 Å². The van der Waals surface area contributed by atoms with Gasteiger partial charge in [-0.3, -0.25) is 9.69 Å². The Morgan fingerprint density at radius 2 is 1.83 bits per heavy atom. The fourth-order valence-corrected chi connectivity index (χ4v) is 5.15. The molecule has 1 amide bonds. The summed E-state index contributed by atoms with van der Waals surface area (Å²) in [6.45, 7) is 4.31. The van der Waals surface area contributed by atoms with Gasteiger partial charge in [-0.05, 0) is 94.3 Å². The summed E-state index contributed by atoms with van der Waals surface area (Å²) in [6.07, 6.45) is 7.10. The topological polar surface area (TPSA) is 32.3 Å². The summed E-state index contributed by atoms with van der Waals surface area (Å²) in [5, 5.41) is 4.14. The molecule has 29 heavy (non-hydrogen) atoms. The van der Waals surface area contributed by atoms with Gasteiger partial charge in [-0.1, -0.05) is 41.4 Å². The number of benzene rings is 2. The van der Waals surface area contributed by atoms with Crippen molar-refractivity contribution in [3.63, 3.8) is 0 Å². The lowest BCUT2D eigenvalue weighted by Crippen LogP contribution is -2.51. The van der Waals surface area contributed by atoms with E-state index < -0.39 is 0 Å². The molecule has 0 spiro atoms. The molecule has 2 aliphatic rings. The standard InChI is InChI=1S/C25H31ClN2O/c1-18-4-2-5-21(16-18)25(29)27-23-6-3-7-24(23)28-14-12-20(13-15-28)17-19-8-10-22(26)11-9-19/h2,4-5,8-11,16,20,23-24H,3,6-7,12-15,17H2,1H3,(H,27,29)/t23-,24-/m1/s1. The normalized spacial score (nSPS) is 23.2. The summed E-state index contributed by atoms with van der Waals surface area (Å²) in [6, 6.07) is 16.9. The number of halogens is 1. The van der Waals surface area contributed by atoms with Crippen LogP contribution in [0, 0.1) is 12.8 Å². The maximum Gasteiger partial charge on any atom is 0.251 e. The minimum absolute atomic E-state index is 0.0724. The second-order valence-electron chi connectivity index (χ2n) is 8.76. The molecule has 1 heterocycles. The van der Waals surface area contributed by atoms with Gasteiger partial charge in [-0.25, -0.2) is 0 Å². The Labute approximate surface area is 179 Å². The summed E-state index contributed by atoms with van der Waals surface area (Å²) in [5.74, 6) is 0.817. The molecule has 2 aromatic carbocycles. The van der Waals surface area contributed by atoms with Crippen molar-refractivity contribution < 1.29 is 4.79 Å². The third-order valence-corrected chi connectivity index (χ3v) is 6.88. The smallest absolute Gasteiger partial charge is 0.251 e. The van der Waals surface area contributed by atoms with Crippen LogP contribution in [0.5, 0.6) is 0 Å². The first-order valence-corrected chi connectivity index (χ1v) is 11.3. The molecule has 1 aliphatic heterocycles. The average Bonchev–Trinajstić information content (AvgIpc) is 3.18. The highest BCUT2D eigenvalue weighted by atomic mass is 35.5. The Hall–Kier alpha value is -1.84. The maximum absolute atomic E-state index is 12.7. The van der Waals surface area contributed by atoms with Crippen LogP contribution in [0.15, 0.2) is 48.5 Å². The molecule has 2 fully saturated rings. The summed E-state index contributed by atoms with van der Waals surface area (Å²) >= 11 is 6.01. The van der Waals surface area contributed by atoms with Crippen molar-refractivity contribution in [2.45, 2.75) is 57.5 Å². The molecule has 0 radical (unpaired) electrons. The second-order valence-corrected chi connectivity index (χ2v) is 9.19. The molecule has 4 heteroatoms. The van der Waals surface area contributed by atoms with E-state index in [9.17, 15) is 4.79 Å². The second kappa shape index (κ2) is 9.32. The molecule has 0 bridgehead atoms. The summed E-state index contributed by atoms with van der Waals surface area (Å²) in [4.78, 5) is 15.4. The van der Waals surface area contributed by atoms with Crippen molar-refractivity contribution in [3.05, 3.63) is 70.2 Å². The largest absolute Gasteiger partial charge is 0.348 e. The molecular formula is C25H31ClN2O. The zero-order valence-electron chi connectivity index (χ0n) is 17.2. The first kappa shape index (κ1) is 20.4. The fourth-order valence-electron chi connectivity index (χ4n) is 5.03. The van der Waals surface area contributed by atoms with Crippen molar-refractivity contribution in [3.8, 4) is 0 Å². The van der Waals surface area contributed by atoms with Gasteiger partial charge in [-0.15, -0.1) is 0 Å². The number of nitrogens with one attached hydrogen (secondary N) is 1. The van der Waals surface area contributed by atoms with Gasteiger partial charge in [-0.2, -0.15) is 0 Å². The van der Waals surface area contributed by atoms with Crippen LogP contribution < -0.4 is 5.32 Å². The minimum atomic E-state index is 0.0724. The SMILES string of the molecule is Cc1cccc(C(=O)N[C@@H]2CCC[C@H]2N2CCC(Cc3ccc(Cl)cc3)CC2)c1. The molecule has 0 aromatic heterocycles. The molecule has 154 valence electrons. The van der Waals surface area contributed by atoms with Crippen LogP contribution in [0.25, 0.3) is 0 Å². The molecule has 3 nitrogen and oxygen atoms in total. The van der Waals surface area contributed by atoms with Crippen LogP contribution in [0.2, 0.25) is 5.02 Å². The average molecular weight is 411 g/mol. The third-order valence-electron chi connectivity index (χ3n) is 6.63. The molecular weight excluding hydrogens is 380 g/mol. The van der Waals surface area contributed by atoms with Gasteiger partial charge >= 0.3 is 0 Å². The Kier molecular flexibility index (Phi) is 6.56. The molecule has 1 aliphatic carbocycles. The van der Waals surface area contributed by atoms with E-state index in [4.69, 9.17) is 11.6 Å². The lowest BCUT2D eigenvalue weighted by Gasteiger charge is -2.38. The van der Waals surface area contributed by atoms with Gasteiger partial charge in [0.15, 0.2) is 0 Å². The number of aryl methyl sites for hydroxylation is 1. The number of nitrogens with zero attached hydrogens (tertiary/aromatic N) is 1. The van der Waals surface area contributed by atoms with Gasteiger partial charge < -0.3 is 5.32 Å². The van der Waals surface area contributed by atoms with E-state index in [0.29, 0.717) is 6.04 Å². The number of hydrogen-bond donors (Lipinski definition) is 1. The number of carbonyl (C=O) groups is 1. The Bertz CT molecular complexity index is 827. The molecule has 0 unspecified atom stereocenters. The van der Waals surface area contributed by atoms with Crippen LogP contribution in [0.3, 0.4) is 0 Å². The van der Waals surface area contributed by atoms with Crippen molar-refractivity contribution in [1.82, 2.24) is 10.2 Å². The first-order valence-electron chi connectivity index (χ1n) is 10.9. The number of piperidine rings is 1. The summed E-state index contributed by atoms with van der Waals surface area (Å²) < 4.78 is 0. The lowest BCUT2D eigenvalue weighted by atomic mass is 9.89. The van der Waals surface area contributed by atoms with E-state index in [1.165, 1.54) is 31.2 Å². The van der Waals surface area contributed by atoms with Crippen molar-refractivity contribution in [2.24, 2.45) is 5.92 Å². The zero-order chi connectivity index (χ0) is 20.2. The quantitative estimate of drug-likeness (QED) is 0.729. The first-order chi connectivity index (χ1) is 14.1. The Morgan fingerprint density at radius 3 is 2.55 bits per heavy atom. The van der Waals surface area contributed by atoms with Crippen molar-refractivity contribution in [2.75, 3.05) is 13.1 Å². The van der Waals surface area contributed by atoms with E-state index in [-0.39, 0.29) is 11.9 Å². The monoisotopic (exact) mass is 410 g/mol. The van der Waals surface area contributed by atoms with E-state index in [0.717, 1.165) is 48.0 Å². The highest BCUT2D eigenvalue weighted by Crippen LogP contribution is 2.30. The number of amides is 1. The number of rotatable bonds is 5. The summed E-state index contributed by atoms with van der Waals surface area (Å²) in [7, 11) is 0. The van der Waals surface area contributed by atoms with Crippen LogP contribution in [-0.2, 0) is 6.42 Å². The molecule has 2 atom stereocenters. The Balaban J connectivity index is 1.30. The zero-order valence-corrected chi connectivity index (χ0v) is 18.0. The molecule has 1 saturated heterocycles. The van der Waals surface area contributed by atoms with E-state index in [1.807, 2.05) is 43.3 Å². The molecule has 1 N–H and O–H groups in total. The van der Waals surface area contributed by atoms with E-state index in [2.05, 4.69) is 22.3 Å². The predicted molar refractivity (Wildman–Crippen MR) is 120 cm³/mol. The van der Waals surface area contributed by atoms with Gasteiger partial charge in [0.25, 0.3) is 5.91 Å². The van der Waals surface area contributed by atoms with Crippen molar-refractivity contribution in [1.29, 1.82) is 0 Å². The fraction of sp³-hybridized carbons (Fsp3) is 0.480. The highest BCUT2D eigenvalue weighted by molar-refractivity contribution is 6.30. The van der Waals surface area contributed by atoms with Gasteiger partial charge in [0.2, 0.25) is 0 Å². The lowest BCUT2D eigenvalue weighted by molar-refractivity contribution is 0.0862. The van der Waals surface area contributed by atoms with Gasteiger partial charge in [0, 0.05) is 22.7 Å². The molecule has 2 aromatic rings. The highest BCUT2D eigenvalue weighted by Gasteiger charge is 2.35. The predicted octanol–water partition coefficient (Wildman–Crippen LogP) is 5.25. The summed E-state index contributed by atoms with van der Waals surface area (Å²) in [5.41, 5.74) is 3.29. The van der Waals surface area contributed by atoms with Crippen LogP contribution >= 0.6 is 11.6 Å². The van der Waals surface area contributed by atoms with Crippen molar-refractivity contribution >= 4 is 17.5 Å². The van der Waals surface area contributed by atoms with Crippen LogP contribution in [0.4, 0.5) is 0 Å². The van der Waals surface area contributed by atoms with Crippen LogP contribution in [0.1, 0.15) is 53.6 Å². The maximum atomic E-state index is 12.7. The Morgan fingerprint density at radius 1 is 1.07 bits per heavy atom. The number of hydrogen-bond acceptors (Lipinski definition) is 2.